The van der Waals surface area contributed by atoms with Gasteiger partial charge in [0, 0.05) is 0 Å². The fourth-order valence-corrected chi connectivity index (χ4v) is 9.98. The summed E-state index contributed by atoms with van der Waals surface area (Å²) in [5, 5.41) is 0. The van der Waals surface area contributed by atoms with Gasteiger partial charge in [0.1, 0.15) is 0 Å². The molecule has 0 spiro atoms. The monoisotopic (exact) mass is 907 g/mol. The molecule has 68 heavy (non-hydrogen) atoms. The molecule has 6 aromatic rings. The van der Waals surface area contributed by atoms with E-state index in [4.69, 9.17) is 0 Å². The summed E-state index contributed by atoms with van der Waals surface area (Å²) in [7, 11) is 0. The Hall–Kier alpha value is -4.68. The molecule has 0 heteroatoms. The Morgan fingerprint density at radius 2 is 0.471 bits per heavy atom. The van der Waals surface area contributed by atoms with Crippen molar-refractivity contribution < 1.29 is 0 Å². The van der Waals surface area contributed by atoms with Crippen molar-refractivity contribution in [2.45, 2.75) is 209 Å². The zero-order valence-electron chi connectivity index (χ0n) is 47.4. The Morgan fingerprint density at radius 3 is 0.765 bits per heavy atom. The van der Waals surface area contributed by atoms with E-state index in [9.17, 15) is 0 Å². The first kappa shape index (κ1) is 52.7. The van der Waals surface area contributed by atoms with Crippen LogP contribution in [0.4, 0.5) is 0 Å². The Balaban J connectivity index is 2.11. The van der Waals surface area contributed by atoms with Gasteiger partial charge in [-0.15, -0.1) is 0 Å². The molecular weight excluding hydrogens is 817 g/mol. The second-order valence-corrected chi connectivity index (χ2v) is 28.5. The topological polar surface area (TPSA) is 0 Å². The lowest BCUT2D eigenvalue weighted by molar-refractivity contribution is 0.568. The van der Waals surface area contributed by atoms with Gasteiger partial charge in [0.05, 0.1) is 0 Å². The minimum atomic E-state index is -0.176. The van der Waals surface area contributed by atoms with Gasteiger partial charge in [-0.2, -0.15) is 0 Å². The molecule has 0 aliphatic heterocycles. The molecule has 0 saturated carbocycles. The standard InChI is InChI=1S/C68H90/c1-61(2,3)44-30-34-48(54(38-44)65(13,14)15)53-42-52(43-28-26-25-27-29-43)58(49-35-31-45(62(4,5)6)39-55(49)66(16,17)18)60(51-37-33-47(64(10,11)12)41-57(51)68(22,23)24)59(53)50-36-32-46(63(7,8)9)40-56(50)67(19,20)21/h25-42H,1-24H3. The third-order valence-corrected chi connectivity index (χ3v) is 14.3. The van der Waals surface area contributed by atoms with Crippen molar-refractivity contribution in [2.75, 3.05) is 0 Å². The van der Waals surface area contributed by atoms with Crippen molar-refractivity contribution in [3.05, 3.63) is 154 Å². The summed E-state index contributed by atoms with van der Waals surface area (Å²) < 4.78 is 0. The SMILES string of the molecule is CC(C)(C)c1ccc(-c2cc(-c3ccccc3)c(-c3ccc(C(C)(C)C)cc3C(C)(C)C)c(-c3ccc(C(C)(C)C)cc3C(C)(C)C)c2-c2ccc(C(C)(C)C)cc2C(C)(C)C)c(C(C)(C)C)c1. The summed E-state index contributed by atoms with van der Waals surface area (Å²) >= 11 is 0. The zero-order valence-corrected chi connectivity index (χ0v) is 47.4. The average Bonchev–Trinajstić information content (AvgIpc) is 3.19. The van der Waals surface area contributed by atoms with Crippen molar-refractivity contribution in [3.8, 4) is 55.6 Å². The van der Waals surface area contributed by atoms with Crippen LogP contribution in [-0.4, -0.2) is 0 Å². The third kappa shape index (κ3) is 10.9. The van der Waals surface area contributed by atoms with Crippen LogP contribution in [0.5, 0.6) is 0 Å². The maximum Gasteiger partial charge on any atom is -0.00111 e. The molecule has 0 radical (unpaired) electrons. The smallest absolute Gasteiger partial charge is 0.00111 e. The lowest BCUT2D eigenvalue weighted by Crippen LogP contribution is -2.20. The maximum atomic E-state index is 2.61. The maximum absolute atomic E-state index is 2.61. The van der Waals surface area contributed by atoms with E-state index in [0.717, 1.165) is 0 Å². The summed E-state index contributed by atoms with van der Waals surface area (Å²) in [6.45, 7) is 57.1. The summed E-state index contributed by atoms with van der Waals surface area (Å²) in [6.07, 6.45) is 0. The molecule has 0 atom stereocenters. The van der Waals surface area contributed by atoms with Gasteiger partial charge in [0.25, 0.3) is 0 Å². The highest BCUT2D eigenvalue weighted by molar-refractivity contribution is 6.09. The van der Waals surface area contributed by atoms with Crippen LogP contribution in [-0.2, 0) is 43.3 Å². The lowest BCUT2D eigenvalue weighted by atomic mass is 9.68. The quantitative estimate of drug-likeness (QED) is 0.162. The van der Waals surface area contributed by atoms with Crippen molar-refractivity contribution in [1.29, 1.82) is 0 Å². The highest BCUT2D eigenvalue weighted by Crippen LogP contribution is 2.56. The van der Waals surface area contributed by atoms with Crippen LogP contribution in [0.2, 0.25) is 0 Å². The normalized spacial score (nSPS) is 13.6. The van der Waals surface area contributed by atoms with Crippen LogP contribution in [0.25, 0.3) is 55.6 Å². The molecule has 0 unspecified atom stereocenters. The molecule has 6 rings (SSSR count). The molecule has 0 aromatic heterocycles. The largest absolute Gasteiger partial charge is 0.0622 e. The molecule has 0 N–H and O–H groups in total. The van der Waals surface area contributed by atoms with Crippen LogP contribution in [0.15, 0.2) is 109 Å². The molecule has 6 aromatic carbocycles. The molecule has 0 aliphatic carbocycles. The lowest BCUT2D eigenvalue weighted by Gasteiger charge is -2.35. The van der Waals surface area contributed by atoms with Gasteiger partial charge in [0.2, 0.25) is 0 Å². The van der Waals surface area contributed by atoms with Gasteiger partial charge in [-0.25, -0.2) is 0 Å². The van der Waals surface area contributed by atoms with Gasteiger partial charge >= 0.3 is 0 Å². The van der Waals surface area contributed by atoms with Crippen LogP contribution in [0.3, 0.4) is 0 Å². The van der Waals surface area contributed by atoms with Crippen LogP contribution in [0, 0.1) is 0 Å². The second-order valence-electron chi connectivity index (χ2n) is 28.5. The highest BCUT2D eigenvalue weighted by atomic mass is 14.4. The number of rotatable bonds is 5. The summed E-state index contributed by atoms with van der Waals surface area (Å²) in [4.78, 5) is 0. The van der Waals surface area contributed by atoms with Crippen molar-refractivity contribution >= 4 is 0 Å². The summed E-state index contributed by atoms with van der Waals surface area (Å²) in [5.74, 6) is 0. The minimum Gasteiger partial charge on any atom is -0.0622 e. The Labute approximate surface area is 416 Å². The van der Waals surface area contributed by atoms with E-state index in [-0.39, 0.29) is 43.3 Å². The number of benzene rings is 6. The first-order valence-electron chi connectivity index (χ1n) is 25.7. The molecule has 0 saturated heterocycles. The van der Waals surface area contributed by atoms with E-state index in [2.05, 4.69) is 275 Å². The molecule has 0 heterocycles. The predicted molar refractivity (Wildman–Crippen MR) is 303 cm³/mol. The second kappa shape index (κ2) is 17.6. The molecule has 0 amide bonds. The van der Waals surface area contributed by atoms with Gasteiger partial charge in [-0.1, -0.05) is 269 Å². The van der Waals surface area contributed by atoms with Crippen molar-refractivity contribution in [1.82, 2.24) is 0 Å². The Bertz CT molecular complexity index is 2800. The van der Waals surface area contributed by atoms with Gasteiger partial charge in [-0.3, -0.25) is 0 Å². The molecule has 0 bridgehead atoms. The minimum absolute atomic E-state index is 0.00719. The number of hydrogen-bond donors (Lipinski definition) is 0. The molecule has 0 aliphatic rings. The van der Waals surface area contributed by atoms with Crippen molar-refractivity contribution in [3.63, 3.8) is 0 Å². The summed E-state index contributed by atoms with van der Waals surface area (Å²) in [5.41, 5.74) is 23.1. The fourth-order valence-electron chi connectivity index (χ4n) is 9.98. The molecular formula is C68H90. The Kier molecular flexibility index (Phi) is 13.7. The average molecular weight is 907 g/mol. The van der Waals surface area contributed by atoms with E-state index in [1.54, 1.807) is 0 Å². The van der Waals surface area contributed by atoms with Gasteiger partial charge in [-0.05, 0) is 150 Å². The van der Waals surface area contributed by atoms with Gasteiger partial charge in [0.15, 0.2) is 0 Å². The summed E-state index contributed by atoms with van der Waals surface area (Å²) in [6, 6.07) is 43.8. The first-order chi connectivity index (χ1) is 30.8. The zero-order chi connectivity index (χ0) is 51.1. The predicted octanol–water partition coefficient (Wildman–Crippen LogP) is 20.4. The van der Waals surface area contributed by atoms with E-state index in [1.807, 2.05) is 0 Å². The molecule has 362 valence electrons. The third-order valence-electron chi connectivity index (χ3n) is 14.3. The van der Waals surface area contributed by atoms with Gasteiger partial charge < -0.3 is 0 Å². The fraction of sp³-hybridized carbons (Fsp3) is 0.471. The van der Waals surface area contributed by atoms with E-state index >= 15 is 0 Å². The van der Waals surface area contributed by atoms with E-state index in [1.165, 1.54) is 100 Å². The highest BCUT2D eigenvalue weighted by Gasteiger charge is 2.35. The van der Waals surface area contributed by atoms with Crippen LogP contribution in [0.1, 0.15) is 211 Å². The first-order valence-corrected chi connectivity index (χ1v) is 25.7. The van der Waals surface area contributed by atoms with Crippen LogP contribution < -0.4 is 0 Å². The van der Waals surface area contributed by atoms with E-state index in [0.29, 0.717) is 0 Å². The number of hydrogen-bond acceptors (Lipinski definition) is 0. The molecule has 0 nitrogen and oxygen atoms in total. The van der Waals surface area contributed by atoms with E-state index < -0.39 is 0 Å². The molecule has 0 fully saturated rings. The van der Waals surface area contributed by atoms with Crippen LogP contribution >= 0.6 is 0 Å². The Morgan fingerprint density at radius 1 is 0.206 bits per heavy atom. The van der Waals surface area contributed by atoms with Crippen molar-refractivity contribution in [2.24, 2.45) is 0 Å².